The van der Waals surface area contributed by atoms with Gasteiger partial charge in [0, 0.05) is 18.5 Å². The Morgan fingerprint density at radius 1 is 1.24 bits per heavy atom. The highest BCUT2D eigenvalue weighted by Crippen LogP contribution is 2.19. The van der Waals surface area contributed by atoms with Crippen LogP contribution >= 0.6 is 11.3 Å². The van der Waals surface area contributed by atoms with Crippen LogP contribution in [0.25, 0.3) is 11.3 Å². The average molecular weight is 298 g/mol. The second kappa shape index (κ2) is 6.20. The van der Waals surface area contributed by atoms with Gasteiger partial charge in [-0.05, 0) is 31.2 Å². The summed E-state index contributed by atoms with van der Waals surface area (Å²) in [5.74, 6) is 0.941. The summed E-state index contributed by atoms with van der Waals surface area (Å²) in [4.78, 5) is 14.1. The quantitative estimate of drug-likeness (QED) is 0.784. The van der Waals surface area contributed by atoms with Gasteiger partial charge in [0.1, 0.15) is 5.82 Å². The van der Waals surface area contributed by atoms with E-state index in [0.717, 1.165) is 30.3 Å². The predicted octanol–water partition coefficient (Wildman–Crippen LogP) is 3.47. The Morgan fingerprint density at radius 3 is 2.86 bits per heavy atom. The number of hydrogen-bond donors (Lipinski definition) is 1. The molecule has 0 amide bonds. The van der Waals surface area contributed by atoms with E-state index in [-0.39, 0.29) is 0 Å². The first-order valence-electron chi connectivity index (χ1n) is 6.87. The van der Waals surface area contributed by atoms with E-state index < -0.39 is 0 Å². The third kappa shape index (κ3) is 3.56. The van der Waals surface area contributed by atoms with Crippen LogP contribution in [0.1, 0.15) is 17.1 Å². The Balaban J connectivity index is 1.71. The van der Waals surface area contributed by atoms with Crippen LogP contribution in [-0.2, 0) is 13.1 Å². The lowest BCUT2D eigenvalue weighted by Crippen LogP contribution is -2.17. The standard InChI is InChI=1S/C16H18N4S/c1-12-17-7-16(19-12)14-5-3-4-13(6-14)8-20(2)9-15-10-21-11-18-15/h3-7,10-11H,8-9H2,1-2H3,(H,17,19). The summed E-state index contributed by atoms with van der Waals surface area (Å²) in [7, 11) is 2.12. The lowest BCUT2D eigenvalue weighted by Gasteiger charge is -2.15. The number of aromatic amines is 1. The van der Waals surface area contributed by atoms with Crippen LogP contribution < -0.4 is 0 Å². The maximum atomic E-state index is 4.33. The van der Waals surface area contributed by atoms with Gasteiger partial charge in [0.2, 0.25) is 0 Å². The summed E-state index contributed by atoms with van der Waals surface area (Å²) in [5, 5.41) is 2.10. The molecule has 108 valence electrons. The van der Waals surface area contributed by atoms with Crippen LogP contribution in [0.4, 0.5) is 0 Å². The topological polar surface area (TPSA) is 44.8 Å². The predicted molar refractivity (Wildman–Crippen MR) is 86.0 cm³/mol. The Morgan fingerprint density at radius 2 is 2.14 bits per heavy atom. The van der Waals surface area contributed by atoms with Crippen LogP contribution in [0.5, 0.6) is 0 Å². The van der Waals surface area contributed by atoms with Crippen LogP contribution in [0.2, 0.25) is 0 Å². The second-order valence-electron chi connectivity index (χ2n) is 5.23. The molecule has 3 rings (SSSR count). The molecule has 5 heteroatoms. The zero-order valence-corrected chi connectivity index (χ0v) is 13.0. The smallest absolute Gasteiger partial charge is 0.103 e. The molecule has 0 aliphatic rings. The molecule has 4 nitrogen and oxygen atoms in total. The molecule has 0 fully saturated rings. The molecule has 0 saturated heterocycles. The molecule has 0 unspecified atom stereocenters. The number of nitrogens with zero attached hydrogens (tertiary/aromatic N) is 3. The van der Waals surface area contributed by atoms with Gasteiger partial charge in [0.05, 0.1) is 23.1 Å². The van der Waals surface area contributed by atoms with Crippen LogP contribution in [0.3, 0.4) is 0 Å². The lowest BCUT2D eigenvalue weighted by atomic mass is 10.1. The molecule has 1 N–H and O–H groups in total. The van der Waals surface area contributed by atoms with Crippen molar-refractivity contribution in [2.45, 2.75) is 20.0 Å². The van der Waals surface area contributed by atoms with Crippen molar-refractivity contribution in [3.8, 4) is 11.3 Å². The molecule has 2 heterocycles. The van der Waals surface area contributed by atoms with Gasteiger partial charge < -0.3 is 4.98 Å². The number of hydrogen-bond acceptors (Lipinski definition) is 4. The Bertz CT molecular complexity index is 703. The van der Waals surface area contributed by atoms with E-state index in [4.69, 9.17) is 0 Å². The first-order chi connectivity index (χ1) is 10.2. The number of thiazole rings is 1. The molecule has 0 bridgehead atoms. The van der Waals surface area contributed by atoms with Gasteiger partial charge in [-0.2, -0.15) is 0 Å². The zero-order chi connectivity index (χ0) is 14.7. The van der Waals surface area contributed by atoms with Gasteiger partial charge in [-0.25, -0.2) is 9.97 Å². The third-order valence-electron chi connectivity index (χ3n) is 3.31. The van der Waals surface area contributed by atoms with E-state index >= 15 is 0 Å². The van der Waals surface area contributed by atoms with E-state index in [1.54, 1.807) is 11.3 Å². The second-order valence-corrected chi connectivity index (χ2v) is 5.95. The summed E-state index contributed by atoms with van der Waals surface area (Å²) < 4.78 is 0. The van der Waals surface area contributed by atoms with Crippen molar-refractivity contribution >= 4 is 11.3 Å². The molecule has 1 aromatic carbocycles. The fourth-order valence-corrected chi connectivity index (χ4v) is 2.91. The van der Waals surface area contributed by atoms with Crippen molar-refractivity contribution in [2.24, 2.45) is 0 Å². The lowest BCUT2D eigenvalue weighted by molar-refractivity contribution is 0.316. The number of H-pyrrole nitrogens is 1. The Hall–Kier alpha value is -1.98. The van der Waals surface area contributed by atoms with Gasteiger partial charge in [0.25, 0.3) is 0 Å². The minimum atomic E-state index is 0.872. The van der Waals surface area contributed by atoms with Crippen molar-refractivity contribution in [2.75, 3.05) is 7.05 Å². The summed E-state index contributed by atoms with van der Waals surface area (Å²) in [6.07, 6.45) is 1.88. The fourth-order valence-electron chi connectivity index (χ4n) is 2.36. The van der Waals surface area contributed by atoms with Crippen LogP contribution in [-0.4, -0.2) is 26.9 Å². The SMILES string of the molecule is Cc1ncc(-c2cccc(CN(C)Cc3cscn3)c2)[nH]1. The largest absolute Gasteiger partial charge is 0.342 e. The van der Waals surface area contributed by atoms with E-state index in [2.05, 4.69) is 56.5 Å². The first-order valence-corrected chi connectivity index (χ1v) is 7.81. The van der Waals surface area contributed by atoms with Crippen molar-refractivity contribution in [3.05, 3.63) is 58.4 Å². The van der Waals surface area contributed by atoms with Crippen molar-refractivity contribution in [1.29, 1.82) is 0 Å². The minimum absolute atomic E-state index is 0.872. The van der Waals surface area contributed by atoms with Crippen molar-refractivity contribution < 1.29 is 0 Å². The summed E-state index contributed by atoms with van der Waals surface area (Å²) in [6, 6.07) is 8.57. The summed E-state index contributed by atoms with van der Waals surface area (Å²) >= 11 is 1.64. The third-order valence-corrected chi connectivity index (χ3v) is 3.94. The van der Waals surface area contributed by atoms with Gasteiger partial charge in [-0.1, -0.05) is 18.2 Å². The van der Waals surface area contributed by atoms with E-state index in [0.29, 0.717) is 0 Å². The number of aryl methyl sites for hydroxylation is 1. The highest BCUT2D eigenvalue weighted by molar-refractivity contribution is 7.07. The van der Waals surface area contributed by atoms with Gasteiger partial charge in [0.15, 0.2) is 0 Å². The maximum absolute atomic E-state index is 4.33. The average Bonchev–Trinajstić information content (AvgIpc) is 3.10. The first kappa shape index (κ1) is 14.0. The Labute approximate surface area is 128 Å². The molecule has 0 saturated carbocycles. The molecule has 0 atom stereocenters. The molecule has 2 aromatic heterocycles. The maximum Gasteiger partial charge on any atom is 0.103 e. The molecule has 0 aliphatic heterocycles. The summed E-state index contributed by atoms with van der Waals surface area (Å²) in [5.41, 5.74) is 6.54. The Kier molecular flexibility index (Phi) is 4.13. The van der Waals surface area contributed by atoms with Crippen LogP contribution in [0.15, 0.2) is 41.4 Å². The van der Waals surface area contributed by atoms with Gasteiger partial charge in [-0.15, -0.1) is 11.3 Å². The van der Waals surface area contributed by atoms with Gasteiger partial charge in [-0.3, -0.25) is 4.90 Å². The number of imidazole rings is 1. The minimum Gasteiger partial charge on any atom is -0.342 e. The monoisotopic (exact) mass is 298 g/mol. The number of nitrogens with one attached hydrogen (secondary N) is 1. The highest BCUT2D eigenvalue weighted by Gasteiger charge is 2.06. The molecule has 0 aliphatic carbocycles. The van der Waals surface area contributed by atoms with Crippen molar-refractivity contribution in [3.63, 3.8) is 0 Å². The van der Waals surface area contributed by atoms with Crippen LogP contribution in [0, 0.1) is 6.92 Å². The summed E-state index contributed by atoms with van der Waals surface area (Å²) in [6.45, 7) is 3.74. The fraction of sp³-hybridized carbons (Fsp3) is 0.250. The number of aromatic nitrogens is 3. The van der Waals surface area contributed by atoms with Crippen molar-refractivity contribution in [1.82, 2.24) is 19.9 Å². The molecular weight excluding hydrogens is 280 g/mol. The molecule has 21 heavy (non-hydrogen) atoms. The number of rotatable bonds is 5. The van der Waals surface area contributed by atoms with E-state index in [1.807, 2.05) is 18.6 Å². The van der Waals surface area contributed by atoms with E-state index in [9.17, 15) is 0 Å². The molecular formula is C16H18N4S. The van der Waals surface area contributed by atoms with E-state index in [1.165, 1.54) is 11.1 Å². The zero-order valence-electron chi connectivity index (χ0n) is 12.2. The highest BCUT2D eigenvalue weighted by atomic mass is 32.1. The molecule has 0 spiro atoms. The van der Waals surface area contributed by atoms with Gasteiger partial charge >= 0.3 is 0 Å². The molecule has 0 radical (unpaired) electrons. The number of benzene rings is 1. The normalized spacial score (nSPS) is 11.2. The molecule has 3 aromatic rings.